The molecule has 1 unspecified atom stereocenters. The van der Waals surface area contributed by atoms with Crippen LogP contribution in [0, 0.1) is 0 Å². The molecule has 0 aliphatic heterocycles. The predicted octanol–water partition coefficient (Wildman–Crippen LogP) is 2.56. The van der Waals surface area contributed by atoms with Crippen LogP contribution in [0.4, 0.5) is 0 Å². The number of benzene rings is 1. The van der Waals surface area contributed by atoms with Gasteiger partial charge >= 0.3 is 0 Å². The van der Waals surface area contributed by atoms with Crippen LogP contribution in [0.2, 0.25) is 0 Å². The van der Waals surface area contributed by atoms with Gasteiger partial charge < -0.3 is 11.1 Å². The number of carbonyl (C=O) groups excluding carboxylic acids is 1. The fourth-order valence-corrected chi connectivity index (χ4v) is 1.90. The quantitative estimate of drug-likeness (QED) is 0.695. The first kappa shape index (κ1) is 14.7. The van der Waals surface area contributed by atoms with Crippen LogP contribution < -0.4 is 11.1 Å². The van der Waals surface area contributed by atoms with E-state index in [-0.39, 0.29) is 5.91 Å². The molecule has 1 atom stereocenters. The number of amides is 1. The topological polar surface area (TPSA) is 55.1 Å². The van der Waals surface area contributed by atoms with Crippen molar-refractivity contribution in [1.29, 1.82) is 0 Å². The second-order valence-electron chi connectivity index (χ2n) is 4.69. The van der Waals surface area contributed by atoms with E-state index in [9.17, 15) is 4.79 Å². The highest BCUT2D eigenvalue weighted by atomic mass is 16.1. The van der Waals surface area contributed by atoms with E-state index in [4.69, 9.17) is 5.73 Å². The Morgan fingerprint density at radius 3 is 2.50 bits per heavy atom. The van der Waals surface area contributed by atoms with Crippen LogP contribution in [0.5, 0.6) is 0 Å². The van der Waals surface area contributed by atoms with Gasteiger partial charge in [-0.25, -0.2) is 0 Å². The third kappa shape index (κ3) is 5.32. The third-order valence-corrected chi connectivity index (χ3v) is 3.19. The third-order valence-electron chi connectivity index (χ3n) is 3.19. The van der Waals surface area contributed by atoms with E-state index in [1.54, 1.807) is 0 Å². The molecule has 1 amide bonds. The molecule has 1 rings (SSSR count). The summed E-state index contributed by atoms with van der Waals surface area (Å²) in [6.45, 7) is 5.24. The Balaban J connectivity index is 2.27. The average Bonchev–Trinajstić information content (AvgIpc) is 2.38. The van der Waals surface area contributed by atoms with Crippen LogP contribution in [-0.4, -0.2) is 12.5 Å². The molecule has 0 spiro atoms. The van der Waals surface area contributed by atoms with Gasteiger partial charge in [-0.15, -0.1) is 0 Å². The Hall–Kier alpha value is -1.35. The average molecular weight is 248 g/mol. The largest absolute Gasteiger partial charge is 0.370 e. The zero-order valence-corrected chi connectivity index (χ0v) is 11.4. The summed E-state index contributed by atoms with van der Waals surface area (Å²) in [6.07, 6.45) is 3.42. The number of aryl methyl sites for hydroxylation is 1. The van der Waals surface area contributed by atoms with Crippen molar-refractivity contribution in [2.24, 2.45) is 5.73 Å². The highest BCUT2D eigenvalue weighted by Crippen LogP contribution is 2.13. The van der Waals surface area contributed by atoms with E-state index in [0.717, 1.165) is 25.8 Å². The summed E-state index contributed by atoms with van der Waals surface area (Å²) in [4.78, 5) is 10.6. The maximum atomic E-state index is 10.6. The maximum Gasteiger partial charge on any atom is 0.217 e. The Labute approximate surface area is 110 Å². The molecule has 100 valence electrons. The molecule has 18 heavy (non-hydrogen) atoms. The van der Waals surface area contributed by atoms with Gasteiger partial charge in [0.25, 0.3) is 0 Å². The molecule has 3 nitrogen and oxygen atoms in total. The molecular weight excluding hydrogens is 224 g/mol. The fourth-order valence-electron chi connectivity index (χ4n) is 1.90. The fraction of sp³-hybridized carbons (Fsp3) is 0.533. The monoisotopic (exact) mass is 248 g/mol. The Morgan fingerprint density at radius 1 is 1.28 bits per heavy atom. The predicted molar refractivity (Wildman–Crippen MR) is 75.3 cm³/mol. The first-order chi connectivity index (χ1) is 8.63. The van der Waals surface area contributed by atoms with Crippen LogP contribution >= 0.6 is 0 Å². The van der Waals surface area contributed by atoms with Gasteiger partial charge in [-0.2, -0.15) is 0 Å². The second kappa shape index (κ2) is 7.88. The van der Waals surface area contributed by atoms with E-state index >= 15 is 0 Å². The molecule has 3 heteroatoms. The van der Waals surface area contributed by atoms with Crippen molar-refractivity contribution in [2.75, 3.05) is 6.54 Å². The Kier molecular flexibility index (Phi) is 6.44. The smallest absolute Gasteiger partial charge is 0.217 e. The molecular formula is C15H24N2O. The van der Waals surface area contributed by atoms with Crippen LogP contribution in [0.25, 0.3) is 0 Å². The zero-order valence-electron chi connectivity index (χ0n) is 11.4. The van der Waals surface area contributed by atoms with Gasteiger partial charge in [0.2, 0.25) is 5.91 Å². The normalized spacial score (nSPS) is 12.3. The van der Waals surface area contributed by atoms with Gasteiger partial charge in [0, 0.05) is 12.5 Å². The molecule has 0 saturated heterocycles. The van der Waals surface area contributed by atoms with E-state index in [0.29, 0.717) is 12.5 Å². The molecule has 0 radical (unpaired) electrons. The summed E-state index contributed by atoms with van der Waals surface area (Å²) in [7, 11) is 0. The SMILES string of the molecule is CCc1ccc(C(C)NCCCCC(N)=O)cc1. The number of hydrogen-bond donors (Lipinski definition) is 2. The molecule has 0 aliphatic carbocycles. The molecule has 0 aliphatic rings. The summed E-state index contributed by atoms with van der Waals surface area (Å²) in [5.41, 5.74) is 7.77. The van der Waals surface area contributed by atoms with Crippen LogP contribution in [0.15, 0.2) is 24.3 Å². The summed E-state index contributed by atoms with van der Waals surface area (Å²) >= 11 is 0. The van der Waals surface area contributed by atoms with Crippen molar-refractivity contribution in [3.8, 4) is 0 Å². The van der Waals surface area contributed by atoms with Crippen LogP contribution in [0.3, 0.4) is 0 Å². The number of hydrogen-bond acceptors (Lipinski definition) is 2. The van der Waals surface area contributed by atoms with Crippen molar-refractivity contribution >= 4 is 5.91 Å². The summed E-state index contributed by atoms with van der Waals surface area (Å²) in [5.74, 6) is -0.210. The number of unbranched alkanes of at least 4 members (excludes halogenated alkanes) is 1. The van der Waals surface area contributed by atoms with Crippen LogP contribution in [-0.2, 0) is 11.2 Å². The molecule has 1 aromatic carbocycles. The number of rotatable bonds is 8. The lowest BCUT2D eigenvalue weighted by molar-refractivity contribution is -0.118. The summed E-state index contributed by atoms with van der Waals surface area (Å²) in [6, 6.07) is 9.07. The van der Waals surface area contributed by atoms with Gasteiger partial charge in [0.05, 0.1) is 0 Å². The van der Waals surface area contributed by atoms with Gasteiger partial charge in [-0.3, -0.25) is 4.79 Å². The Bertz CT molecular complexity index is 359. The lowest BCUT2D eigenvalue weighted by atomic mass is 10.0. The second-order valence-corrected chi connectivity index (χ2v) is 4.69. The number of primary amides is 1. The van der Waals surface area contributed by atoms with Gasteiger partial charge in [0.1, 0.15) is 0 Å². The number of nitrogens with one attached hydrogen (secondary N) is 1. The van der Waals surface area contributed by atoms with Crippen molar-refractivity contribution in [3.05, 3.63) is 35.4 Å². The first-order valence-corrected chi connectivity index (χ1v) is 6.74. The molecule has 3 N–H and O–H groups in total. The molecule has 0 aromatic heterocycles. The molecule has 0 bridgehead atoms. The molecule has 0 saturated carbocycles. The minimum Gasteiger partial charge on any atom is -0.370 e. The van der Waals surface area contributed by atoms with Crippen molar-refractivity contribution in [3.63, 3.8) is 0 Å². The molecule has 0 heterocycles. The van der Waals surface area contributed by atoms with E-state index in [2.05, 4.69) is 43.4 Å². The minimum atomic E-state index is -0.210. The van der Waals surface area contributed by atoms with E-state index in [1.807, 2.05) is 0 Å². The highest BCUT2D eigenvalue weighted by Gasteiger charge is 2.04. The Morgan fingerprint density at radius 2 is 1.94 bits per heavy atom. The van der Waals surface area contributed by atoms with Gasteiger partial charge in [-0.05, 0) is 43.9 Å². The minimum absolute atomic E-state index is 0.210. The standard InChI is InChI=1S/C15H24N2O/c1-3-13-7-9-14(10-8-13)12(2)17-11-5-4-6-15(16)18/h7-10,12,17H,3-6,11H2,1-2H3,(H2,16,18). The summed E-state index contributed by atoms with van der Waals surface area (Å²) in [5, 5.41) is 3.46. The van der Waals surface area contributed by atoms with E-state index < -0.39 is 0 Å². The number of carbonyl (C=O) groups is 1. The van der Waals surface area contributed by atoms with Crippen LogP contribution in [0.1, 0.15) is 50.3 Å². The molecule has 0 fully saturated rings. The first-order valence-electron chi connectivity index (χ1n) is 6.74. The lowest BCUT2D eigenvalue weighted by Gasteiger charge is -2.14. The van der Waals surface area contributed by atoms with E-state index in [1.165, 1.54) is 11.1 Å². The van der Waals surface area contributed by atoms with Crippen molar-refractivity contribution in [2.45, 2.75) is 45.6 Å². The van der Waals surface area contributed by atoms with Gasteiger partial charge in [0.15, 0.2) is 0 Å². The summed E-state index contributed by atoms with van der Waals surface area (Å²) < 4.78 is 0. The maximum absolute atomic E-state index is 10.6. The van der Waals surface area contributed by atoms with Crippen molar-refractivity contribution < 1.29 is 4.79 Å². The highest BCUT2D eigenvalue weighted by molar-refractivity contribution is 5.73. The molecule has 1 aromatic rings. The van der Waals surface area contributed by atoms with Crippen molar-refractivity contribution in [1.82, 2.24) is 5.32 Å². The zero-order chi connectivity index (χ0) is 13.4. The number of nitrogens with two attached hydrogens (primary N) is 1. The van der Waals surface area contributed by atoms with Gasteiger partial charge in [-0.1, -0.05) is 31.2 Å². The lowest BCUT2D eigenvalue weighted by Crippen LogP contribution is -2.20.